The fourth-order valence-corrected chi connectivity index (χ4v) is 2.50. The van der Waals surface area contributed by atoms with Gasteiger partial charge < -0.3 is 0 Å². The Bertz CT molecular complexity index is 649. The number of rotatable bonds is 5. The summed E-state index contributed by atoms with van der Waals surface area (Å²) in [5.41, 5.74) is 5.01. The normalized spacial score (nSPS) is 12.2. The van der Waals surface area contributed by atoms with Gasteiger partial charge in [0.15, 0.2) is 0 Å². The minimum absolute atomic E-state index is 0.0988. The summed E-state index contributed by atoms with van der Waals surface area (Å²) in [4.78, 5) is 4.72. The number of nitrogens with zero attached hydrogens (tertiary/aromatic N) is 1. The first kappa shape index (κ1) is 23.9. The lowest BCUT2D eigenvalue weighted by molar-refractivity contribution is 0.638. The fourth-order valence-electron chi connectivity index (χ4n) is 2.50. The number of hydrogen-bond donors (Lipinski definition) is 0. The molecule has 0 fully saturated rings. The molecule has 0 aromatic heterocycles. The second-order valence-electron chi connectivity index (χ2n) is 6.33. The van der Waals surface area contributed by atoms with Crippen molar-refractivity contribution in [2.75, 3.05) is 0 Å². The molecule has 0 N–H and O–H groups in total. The van der Waals surface area contributed by atoms with E-state index >= 15 is 0 Å². The van der Waals surface area contributed by atoms with Crippen molar-refractivity contribution in [3.8, 4) is 0 Å². The summed E-state index contributed by atoms with van der Waals surface area (Å²) in [5, 5.41) is 0. The van der Waals surface area contributed by atoms with Gasteiger partial charge in [0.05, 0.1) is 5.69 Å². The van der Waals surface area contributed by atoms with Crippen LogP contribution in [0.4, 0.5) is 5.69 Å². The second-order valence-corrected chi connectivity index (χ2v) is 6.33. The summed E-state index contributed by atoms with van der Waals surface area (Å²) in [6, 6.07) is 20.8. The van der Waals surface area contributed by atoms with Gasteiger partial charge >= 0.3 is 0 Å². The zero-order valence-corrected chi connectivity index (χ0v) is 18.0. The average molecular weight is 352 g/mol. The highest BCUT2D eigenvalue weighted by atomic mass is 14.7. The number of benzene rings is 2. The van der Waals surface area contributed by atoms with Crippen LogP contribution in [0, 0.1) is 0 Å². The van der Waals surface area contributed by atoms with Gasteiger partial charge in [-0.25, -0.2) is 0 Å². The zero-order chi connectivity index (χ0) is 20.0. The summed E-state index contributed by atoms with van der Waals surface area (Å²) in [7, 11) is 0. The molecule has 2 aromatic carbocycles. The van der Waals surface area contributed by atoms with Crippen LogP contribution in [0.1, 0.15) is 67.4 Å². The fraction of sp³-hybridized carbons (Fsp3) is 0.400. The van der Waals surface area contributed by atoms with Crippen molar-refractivity contribution < 1.29 is 0 Å². The minimum atomic E-state index is -0.0988. The van der Waals surface area contributed by atoms with E-state index in [0.717, 1.165) is 12.1 Å². The number of hydrogen-bond acceptors (Lipinski definition) is 1. The number of para-hydroxylation sites is 1. The highest BCUT2D eigenvalue weighted by Gasteiger charge is 2.25. The summed E-state index contributed by atoms with van der Waals surface area (Å²) < 4.78 is 0. The highest BCUT2D eigenvalue weighted by molar-refractivity contribution is 5.76. The van der Waals surface area contributed by atoms with Crippen LogP contribution in [-0.4, -0.2) is 6.21 Å². The molecule has 1 unspecified atom stereocenters. The topological polar surface area (TPSA) is 12.4 Å². The maximum Gasteiger partial charge on any atom is 0.0626 e. The third-order valence-electron chi connectivity index (χ3n) is 4.17. The van der Waals surface area contributed by atoms with E-state index in [-0.39, 0.29) is 5.41 Å². The van der Waals surface area contributed by atoms with Crippen LogP contribution in [0.5, 0.6) is 0 Å². The highest BCUT2D eigenvalue weighted by Crippen LogP contribution is 2.31. The molecule has 142 valence electrons. The molecule has 2 rings (SSSR count). The molecule has 0 aliphatic rings. The van der Waals surface area contributed by atoms with E-state index in [1.807, 2.05) is 58.0 Å². The monoisotopic (exact) mass is 351 g/mol. The number of aliphatic imine (C=N–C) groups is 1. The summed E-state index contributed by atoms with van der Waals surface area (Å²) in [6.45, 7) is 16.8. The van der Waals surface area contributed by atoms with E-state index in [0.29, 0.717) is 0 Å². The minimum Gasteiger partial charge on any atom is -0.260 e. The lowest BCUT2D eigenvalue weighted by Gasteiger charge is -2.27. The molecule has 0 heterocycles. The Hall–Kier alpha value is -2.15. The third kappa shape index (κ3) is 7.82. The smallest absolute Gasteiger partial charge is 0.0626 e. The molecule has 1 nitrogen and oxygen atoms in total. The van der Waals surface area contributed by atoms with Crippen molar-refractivity contribution in [3.63, 3.8) is 0 Å². The molecule has 0 aliphatic heterocycles. The van der Waals surface area contributed by atoms with E-state index in [1.54, 1.807) is 0 Å². The molecule has 0 amide bonds. The van der Waals surface area contributed by atoms with Crippen LogP contribution in [-0.2, 0) is 5.41 Å². The first-order valence-corrected chi connectivity index (χ1v) is 9.80. The molecule has 0 bridgehead atoms. The van der Waals surface area contributed by atoms with E-state index in [1.165, 1.54) is 16.7 Å². The molecule has 0 radical (unpaired) electrons. The second kappa shape index (κ2) is 13.1. The maximum absolute atomic E-state index is 4.72. The largest absolute Gasteiger partial charge is 0.260 e. The van der Waals surface area contributed by atoms with Crippen molar-refractivity contribution in [1.82, 2.24) is 0 Å². The zero-order valence-electron chi connectivity index (χ0n) is 18.0. The Kier molecular flexibility index (Phi) is 12.0. The predicted octanol–water partition coefficient (Wildman–Crippen LogP) is 8.15. The van der Waals surface area contributed by atoms with Gasteiger partial charge in [0.25, 0.3) is 0 Å². The molecule has 1 atom stereocenters. The molecule has 0 saturated heterocycles. The molecule has 1 heteroatoms. The molecule has 0 saturated carbocycles. The Morgan fingerprint density at radius 2 is 1.27 bits per heavy atom. The van der Waals surface area contributed by atoms with E-state index in [9.17, 15) is 0 Å². The Morgan fingerprint density at radius 3 is 1.73 bits per heavy atom. The standard InChI is InChI=1S/C21H25N.2C2H6/c1-17(2)18(3)15-21(4,19-11-7-5-8-12-19)16-22-20-13-9-6-10-14-20;2*1-2/h5-14,16H,15H2,1-4H3;2*1-2H3. The van der Waals surface area contributed by atoms with Crippen molar-refractivity contribution in [2.45, 2.75) is 67.2 Å². The predicted molar refractivity (Wildman–Crippen MR) is 120 cm³/mol. The molecule has 2 aromatic rings. The number of allylic oxidation sites excluding steroid dienone is 2. The van der Waals surface area contributed by atoms with Crippen LogP contribution in [0.3, 0.4) is 0 Å². The van der Waals surface area contributed by atoms with Crippen molar-refractivity contribution in [2.24, 2.45) is 4.99 Å². The van der Waals surface area contributed by atoms with Gasteiger partial charge in [0.2, 0.25) is 0 Å². The van der Waals surface area contributed by atoms with E-state index in [4.69, 9.17) is 4.99 Å². The first-order valence-electron chi connectivity index (χ1n) is 9.80. The first-order chi connectivity index (χ1) is 12.5. The van der Waals surface area contributed by atoms with Crippen LogP contribution in [0.15, 0.2) is 76.8 Å². The Labute approximate surface area is 161 Å². The van der Waals surface area contributed by atoms with Crippen LogP contribution in [0.25, 0.3) is 0 Å². The third-order valence-corrected chi connectivity index (χ3v) is 4.17. The average Bonchev–Trinajstić information content (AvgIpc) is 2.71. The van der Waals surface area contributed by atoms with Gasteiger partial charge in [-0.1, -0.05) is 94.3 Å². The van der Waals surface area contributed by atoms with Crippen LogP contribution < -0.4 is 0 Å². The summed E-state index contributed by atoms with van der Waals surface area (Å²) in [5.74, 6) is 0. The lowest BCUT2D eigenvalue weighted by atomic mass is 9.77. The van der Waals surface area contributed by atoms with Crippen molar-refractivity contribution >= 4 is 11.9 Å². The van der Waals surface area contributed by atoms with Gasteiger partial charge in [-0.15, -0.1) is 0 Å². The van der Waals surface area contributed by atoms with Gasteiger partial charge in [-0.2, -0.15) is 0 Å². The van der Waals surface area contributed by atoms with Gasteiger partial charge in [-0.3, -0.25) is 4.99 Å². The maximum atomic E-state index is 4.72. The van der Waals surface area contributed by atoms with Crippen LogP contribution in [0.2, 0.25) is 0 Å². The molecule has 0 aliphatic carbocycles. The molecule has 0 spiro atoms. The van der Waals surface area contributed by atoms with Gasteiger partial charge in [-0.05, 0) is 44.9 Å². The van der Waals surface area contributed by atoms with E-state index in [2.05, 4.69) is 64.2 Å². The Balaban J connectivity index is 0.00000146. The summed E-state index contributed by atoms with van der Waals surface area (Å²) >= 11 is 0. The Morgan fingerprint density at radius 1 is 0.808 bits per heavy atom. The van der Waals surface area contributed by atoms with Crippen molar-refractivity contribution in [3.05, 3.63) is 77.4 Å². The summed E-state index contributed by atoms with van der Waals surface area (Å²) in [6.07, 6.45) is 3.08. The van der Waals surface area contributed by atoms with Gasteiger partial charge in [0.1, 0.15) is 0 Å². The van der Waals surface area contributed by atoms with Crippen LogP contribution >= 0.6 is 0 Å². The molecule has 26 heavy (non-hydrogen) atoms. The van der Waals surface area contributed by atoms with Gasteiger partial charge in [0, 0.05) is 11.6 Å². The lowest BCUT2D eigenvalue weighted by Crippen LogP contribution is -2.24. The molecular formula is C25H37N. The molecular weight excluding hydrogens is 314 g/mol. The quantitative estimate of drug-likeness (QED) is 0.380. The SMILES string of the molecule is CC.CC.CC(C)=C(C)CC(C)(C=Nc1ccccc1)c1ccccc1. The van der Waals surface area contributed by atoms with Crippen molar-refractivity contribution in [1.29, 1.82) is 0 Å². The van der Waals surface area contributed by atoms with E-state index < -0.39 is 0 Å².